The summed E-state index contributed by atoms with van der Waals surface area (Å²) in [5.41, 5.74) is 0.455. The fourth-order valence-electron chi connectivity index (χ4n) is 2.51. The Labute approximate surface area is 140 Å². The number of amides is 1. The summed E-state index contributed by atoms with van der Waals surface area (Å²) in [6, 6.07) is 5.24. The second-order valence-electron chi connectivity index (χ2n) is 5.97. The highest BCUT2D eigenvalue weighted by Gasteiger charge is 2.19. The molecule has 3 rings (SSSR count). The van der Waals surface area contributed by atoms with E-state index in [1.807, 2.05) is 13.8 Å². The number of carbonyl (C=O) groups is 1. The first-order valence-electron chi connectivity index (χ1n) is 8.15. The molecule has 0 aromatic heterocycles. The van der Waals surface area contributed by atoms with Crippen molar-refractivity contribution in [3.63, 3.8) is 0 Å². The number of nitrogens with zero attached hydrogens (tertiary/aromatic N) is 1. The van der Waals surface area contributed by atoms with Crippen molar-refractivity contribution in [2.75, 3.05) is 19.9 Å². The zero-order valence-corrected chi connectivity index (χ0v) is 13.9. The van der Waals surface area contributed by atoms with E-state index < -0.39 is 0 Å². The van der Waals surface area contributed by atoms with E-state index in [4.69, 9.17) is 18.9 Å². The van der Waals surface area contributed by atoms with E-state index in [1.54, 1.807) is 18.2 Å². The Balaban J connectivity index is 1.66. The van der Waals surface area contributed by atoms with Gasteiger partial charge in [-0.05, 0) is 44.9 Å². The Hall–Kier alpha value is -2.28. The van der Waals surface area contributed by atoms with Crippen LogP contribution >= 0.6 is 0 Å². The predicted octanol–water partition coefficient (Wildman–Crippen LogP) is 2.11. The molecule has 1 atom stereocenters. The Morgan fingerprint density at radius 2 is 2.21 bits per heavy atom. The molecule has 1 aromatic carbocycles. The van der Waals surface area contributed by atoms with Gasteiger partial charge in [0, 0.05) is 12.2 Å². The molecule has 1 amide bonds. The molecule has 2 aliphatic heterocycles. The third-order valence-corrected chi connectivity index (χ3v) is 3.67. The fourth-order valence-corrected chi connectivity index (χ4v) is 2.51. The van der Waals surface area contributed by atoms with E-state index in [2.05, 4.69) is 10.3 Å². The van der Waals surface area contributed by atoms with Gasteiger partial charge in [0.05, 0.1) is 18.8 Å². The largest absolute Gasteiger partial charge is 0.462 e. The molecule has 0 spiro atoms. The quantitative estimate of drug-likeness (QED) is 0.674. The maximum atomic E-state index is 12.4. The van der Waals surface area contributed by atoms with Crippen molar-refractivity contribution >= 4 is 11.9 Å². The topological polar surface area (TPSA) is 78.4 Å². The van der Waals surface area contributed by atoms with Gasteiger partial charge in [-0.1, -0.05) is 0 Å². The van der Waals surface area contributed by atoms with Gasteiger partial charge in [-0.25, -0.2) is 4.99 Å². The summed E-state index contributed by atoms with van der Waals surface area (Å²) in [4.78, 5) is 16.8. The molecule has 0 radical (unpaired) electrons. The van der Waals surface area contributed by atoms with Gasteiger partial charge in [-0.15, -0.1) is 0 Å². The second kappa shape index (κ2) is 7.53. The van der Waals surface area contributed by atoms with Crippen LogP contribution in [0.3, 0.4) is 0 Å². The number of amidine groups is 1. The first-order valence-corrected chi connectivity index (χ1v) is 8.15. The van der Waals surface area contributed by atoms with Gasteiger partial charge < -0.3 is 18.9 Å². The van der Waals surface area contributed by atoms with Gasteiger partial charge in [0.2, 0.25) is 6.79 Å². The number of carbonyl (C=O) groups excluding carboxylic acids is 1. The normalized spacial score (nSPS) is 19.6. The third kappa shape index (κ3) is 4.17. The summed E-state index contributed by atoms with van der Waals surface area (Å²) >= 11 is 0. The summed E-state index contributed by atoms with van der Waals surface area (Å²) in [6.07, 6.45) is 2.03. The Bertz CT molecular complexity index is 623. The summed E-state index contributed by atoms with van der Waals surface area (Å²) in [5.74, 6) is 0.891. The van der Waals surface area contributed by atoms with Crippen LogP contribution in [0.5, 0.6) is 11.5 Å². The molecule has 2 heterocycles. The van der Waals surface area contributed by atoms with Gasteiger partial charge >= 0.3 is 0 Å². The van der Waals surface area contributed by atoms with Crippen molar-refractivity contribution in [3.8, 4) is 11.5 Å². The lowest BCUT2D eigenvalue weighted by Gasteiger charge is -2.14. The Morgan fingerprint density at radius 3 is 2.96 bits per heavy atom. The van der Waals surface area contributed by atoms with Crippen LogP contribution in [-0.4, -0.2) is 44.1 Å². The smallest absolute Gasteiger partial charge is 0.292 e. The zero-order valence-electron chi connectivity index (χ0n) is 13.9. The molecule has 2 aliphatic rings. The lowest BCUT2D eigenvalue weighted by molar-refractivity contribution is 0.0955. The molecule has 1 saturated heterocycles. The van der Waals surface area contributed by atoms with E-state index in [9.17, 15) is 4.79 Å². The zero-order chi connectivity index (χ0) is 16.9. The predicted molar refractivity (Wildman–Crippen MR) is 87.5 cm³/mol. The van der Waals surface area contributed by atoms with Gasteiger partial charge in [-0.3, -0.25) is 10.1 Å². The number of rotatable bonds is 4. The summed E-state index contributed by atoms with van der Waals surface area (Å²) in [6.45, 7) is 5.18. The molecular formula is C17H22N2O5. The van der Waals surface area contributed by atoms with Crippen molar-refractivity contribution in [2.45, 2.75) is 38.9 Å². The van der Waals surface area contributed by atoms with Crippen molar-refractivity contribution in [3.05, 3.63) is 23.8 Å². The lowest BCUT2D eigenvalue weighted by atomic mass is 10.2. The van der Waals surface area contributed by atoms with E-state index in [-0.39, 0.29) is 30.9 Å². The van der Waals surface area contributed by atoms with Crippen LogP contribution in [-0.2, 0) is 9.47 Å². The van der Waals surface area contributed by atoms with E-state index in [1.165, 1.54) is 0 Å². The SMILES string of the molecule is CC(C)OC(=NC[C@@H]1CCCO1)NC(=O)c1ccc2c(c1)OCO2. The van der Waals surface area contributed by atoms with Crippen molar-refractivity contribution in [1.82, 2.24) is 5.32 Å². The first-order chi connectivity index (χ1) is 11.6. The Morgan fingerprint density at radius 1 is 1.38 bits per heavy atom. The van der Waals surface area contributed by atoms with Crippen LogP contribution in [0, 0.1) is 0 Å². The van der Waals surface area contributed by atoms with Gasteiger partial charge in [0.25, 0.3) is 11.9 Å². The van der Waals surface area contributed by atoms with Gasteiger partial charge in [0.1, 0.15) is 0 Å². The highest BCUT2D eigenvalue weighted by Crippen LogP contribution is 2.32. The number of hydrogen-bond donors (Lipinski definition) is 1. The number of fused-ring (bicyclic) bond motifs is 1. The van der Waals surface area contributed by atoms with Crippen molar-refractivity contribution < 1.29 is 23.7 Å². The standard InChI is InChI=1S/C17H22N2O5/c1-11(2)24-17(18-9-13-4-3-7-21-13)19-16(20)12-5-6-14-15(8-12)23-10-22-14/h5-6,8,11,13H,3-4,7,9-10H2,1-2H3,(H,18,19,20)/t13-/m0/s1. The Kier molecular flexibility index (Phi) is 5.20. The van der Waals surface area contributed by atoms with Crippen LogP contribution in [0.4, 0.5) is 0 Å². The molecule has 7 nitrogen and oxygen atoms in total. The number of aliphatic imine (C=N–C) groups is 1. The minimum Gasteiger partial charge on any atom is -0.462 e. The van der Waals surface area contributed by atoms with Crippen LogP contribution in [0.1, 0.15) is 37.0 Å². The number of benzene rings is 1. The monoisotopic (exact) mass is 334 g/mol. The molecule has 0 bridgehead atoms. The number of ether oxygens (including phenoxy) is 4. The van der Waals surface area contributed by atoms with Gasteiger partial charge in [0.15, 0.2) is 11.5 Å². The number of hydrogen-bond acceptors (Lipinski definition) is 6. The fraction of sp³-hybridized carbons (Fsp3) is 0.529. The highest BCUT2D eigenvalue weighted by atomic mass is 16.7. The summed E-state index contributed by atoms with van der Waals surface area (Å²) in [7, 11) is 0. The van der Waals surface area contributed by atoms with E-state index in [0.717, 1.165) is 19.4 Å². The maximum Gasteiger partial charge on any atom is 0.292 e. The average molecular weight is 334 g/mol. The molecule has 1 aromatic rings. The molecule has 0 aliphatic carbocycles. The number of nitrogens with one attached hydrogen (secondary N) is 1. The van der Waals surface area contributed by atoms with Gasteiger partial charge in [-0.2, -0.15) is 0 Å². The third-order valence-electron chi connectivity index (χ3n) is 3.67. The minimum absolute atomic E-state index is 0.0923. The van der Waals surface area contributed by atoms with Crippen molar-refractivity contribution in [1.29, 1.82) is 0 Å². The van der Waals surface area contributed by atoms with E-state index >= 15 is 0 Å². The first kappa shape index (κ1) is 16.6. The molecule has 0 saturated carbocycles. The van der Waals surface area contributed by atoms with Crippen molar-refractivity contribution in [2.24, 2.45) is 4.99 Å². The van der Waals surface area contributed by atoms with Crippen LogP contribution in [0.2, 0.25) is 0 Å². The van der Waals surface area contributed by atoms with Crippen LogP contribution in [0.25, 0.3) is 0 Å². The molecule has 24 heavy (non-hydrogen) atoms. The highest BCUT2D eigenvalue weighted by molar-refractivity contribution is 6.04. The van der Waals surface area contributed by atoms with Crippen LogP contribution < -0.4 is 14.8 Å². The molecule has 1 N–H and O–H groups in total. The maximum absolute atomic E-state index is 12.4. The minimum atomic E-state index is -0.306. The lowest BCUT2D eigenvalue weighted by Crippen LogP contribution is -2.35. The molecule has 7 heteroatoms. The average Bonchev–Trinajstić information content (AvgIpc) is 3.22. The molecule has 1 fully saturated rings. The van der Waals surface area contributed by atoms with Crippen LogP contribution in [0.15, 0.2) is 23.2 Å². The second-order valence-corrected chi connectivity index (χ2v) is 5.97. The van der Waals surface area contributed by atoms with E-state index in [0.29, 0.717) is 23.6 Å². The summed E-state index contributed by atoms with van der Waals surface area (Å²) in [5, 5.41) is 2.72. The molecular weight excluding hydrogens is 312 g/mol. The molecule has 0 unspecified atom stereocenters. The summed E-state index contributed by atoms with van der Waals surface area (Å²) < 4.78 is 21.7. The molecule has 130 valence electrons.